The molecule has 1 rings (SSSR count). The number of carbonyl (C=O) groups excluding carboxylic acids is 1. The molecule has 1 N–H and O–H groups in total. The molecule has 0 aromatic carbocycles. The topological polar surface area (TPSA) is 62.1 Å². The van der Waals surface area contributed by atoms with Crippen molar-refractivity contribution in [3.8, 4) is 11.8 Å². The molecule has 0 unspecified atom stereocenters. The highest BCUT2D eigenvalue weighted by molar-refractivity contribution is 7.12. The lowest BCUT2D eigenvalue weighted by atomic mass is 9.96. The van der Waals surface area contributed by atoms with Gasteiger partial charge in [-0.25, -0.2) is 0 Å². The minimum Gasteiger partial charge on any atom is -0.496 e. The van der Waals surface area contributed by atoms with Crippen LogP contribution in [0.4, 0.5) is 0 Å². The average Bonchev–Trinajstić information content (AvgIpc) is 2.74. The minimum atomic E-state index is -0.545. The van der Waals surface area contributed by atoms with Gasteiger partial charge in [-0.1, -0.05) is 0 Å². The maximum absolute atomic E-state index is 11.7. The number of nitrogens with zero attached hydrogens (tertiary/aromatic N) is 1. The molecule has 0 atom stereocenters. The van der Waals surface area contributed by atoms with Crippen molar-refractivity contribution in [3.05, 3.63) is 16.3 Å². The van der Waals surface area contributed by atoms with Gasteiger partial charge in [-0.3, -0.25) is 4.79 Å². The zero-order valence-electron chi connectivity index (χ0n) is 9.53. The molecule has 0 aliphatic rings. The predicted octanol–water partition coefficient (Wildman–Crippen LogP) is 2.04. The maximum atomic E-state index is 11.7. The van der Waals surface area contributed by atoms with E-state index in [9.17, 15) is 4.79 Å². The zero-order valence-corrected chi connectivity index (χ0v) is 10.4. The van der Waals surface area contributed by atoms with E-state index in [1.165, 1.54) is 11.3 Å². The van der Waals surface area contributed by atoms with E-state index in [2.05, 4.69) is 11.4 Å². The van der Waals surface area contributed by atoms with Crippen molar-refractivity contribution in [2.24, 2.45) is 5.41 Å². The third-order valence-electron chi connectivity index (χ3n) is 2.03. The van der Waals surface area contributed by atoms with Crippen molar-refractivity contribution >= 4 is 17.2 Å². The van der Waals surface area contributed by atoms with E-state index in [1.807, 2.05) is 0 Å². The van der Waals surface area contributed by atoms with Crippen LogP contribution in [-0.4, -0.2) is 19.6 Å². The lowest BCUT2D eigenvalue weighted by molar-refractivity contribution is 0.0947. The van der Waals surface area contributed by atoms with E-state index < -0.39 is 5.41 Å². The van der Waals surface area contributed by atoms with Crippen molar-refractivity contribution in [2.45, 2.75) is 13.8 Å². The number of nitriles is 1. The Labute approximate surface area is 98.8 Å². The molecule has 0 aliphatic carbocycles. The Bertz CT molecular complexity index is 418. The molecule has 0 bridgehead atoms. The van der Waals surface area contributed by atoms with Crippen LogP contribution in [-0.2, 0) is 0 Å². The summed E-state index contributed by atoms with van der Waals surface area (Å²) in [4.78, 5) is 12.3. The molecule has 5 heteroatoms. The summed E-state index contributed by atoms with van der Waals surface area (Å²) in [7, 11) is 1.56. The highest BCUT2D eigenvalue weighted by Crippen LogP contribution is 2.21. The molecule has 4 nitrogen and oxygen atoms in total. The number of hydrogen-bond donors (Lipinski definition) is 1. The number of carbonyl (C=O) groups is 1. The highest BCUT2D eigenvalue weighted by atomic mass is 32.1. The Kier molecular flexibility index (Phi) is 3.91. The van der Waals surface area contributed by atoms with Crippen molar-refractivity contribution in [1.29, 1.82) is 5.26 Å². The van der Waals surface area contributed by atoms with Gasteiger partial charge in [0.15, 0.2) is 0 Å². The molecule has 16 heavy (non-hydrogen) atoms. The summed E-state index contributed by atoms with van der Waals surface area (Å²) in [5.74, 6) is 0.506. The van der Waals surface area contributed by atoms with Gasteiger partial charge < -0.3 is 10.1 Å². The molecule has 0 saturated heterocycles. The average molecular weight is 238 g/mol. The van der Waals surface area contributed by atoms with Gasteiger partial charge in [0.2, 0.25) is 0 Å². The first kappa shape index (κ1) is 12.5. The van der Waals surface area contributed by atoms with E-state index in [-0.39, 0.29) is 5.91 Å². The number of rotatable bonds is 4. The monoisotopic (exact) mass is 238 g/mol. The molecule has 0 spiro atoms. The van der Waals surface area contributed by atoms with Gasteiger partial charge in [0.25, 0.3) is 5.91 Å². The molecule has 0 aliphatic heterocycles. The van der Waals surface area contributed by atoms with Crippen LogP contribution in [0.15, 0.2) is 11.4 Å². The molecule has 86 valence electrons. The van der Waals surface area contributed by atoms with E-state index in [1.54, 1.807) is 32.4 Å². The second-order valence-electron chi connectivity index (χ2n) is 4.03. The standard InChI is InChI=1S/C11H14N2O2S/c1-11(2,6-12)7-13-10(14)9-4-8(15-3)5-16-9/h4-5H,7H2,1-3H3,(H,13,14). The van der Waals surface area contributed by atoms with Gasteiger partial charge >= 0.3 is 0 Å². The quantitative estimate of drug-likeness (QED) is 0.873. The zero-order chi connectivity index (χ0) is 12.2. The summed E-state index contributed by atoms with van der Waals surface area (Å²) in [6.07, 6.45) is 0. The number of thiophene rings is 1. The normalized spacial score (nSPS) is 10.6. The van der Waals surface area contributed by atoms with Crippen LogP contribution in [0.1, 0.15) is 23.5 Å². The first-order valence-corrected chi connectivity index (χ1v) is 5.68. The van der Waals surface area contributed by atoms with Crippen LogP contribution in [0, 0.1) is 16.7 Å². The number of amides is 1. The Balaban J connectivity index is 2.57. The van der Waals surface area contributed by atoms with Gasteiger partial charge in [0.05, 0.1) is 23.5 Å². The third kappa shape index (κ3) is 3.24. The summed E-state index contributed by atoms with van der Waals surface area (Å²) >= 11 is 1.32. The summed E-state index contributed by atoms with van der Waals surface area (Å²) in [5, 5.41) is 13.3. The van der Waals surface area contributed by atoms with Crippen molar-refractivity contribution in [3.63, 3.8) is 0 Å². The molecule has 1 aromatic heterocycles. The van der Waals surface area contributed by atoms with Gasteiger partial charge in [-0.05, 0) is 13.8 Å². The number of methoxy groups -OCH3 is 1. The molecule has 0 fully saturated rings. The lowest BCUT2D eigenvalue weighted by Gasteiger charge is -2.15. The maximum Gasteiger partial charge on any atom is 0.261 e. The van der Waals surface area contributed by atoms with Crippen LogP contribution < -0.4 is 10.1 Å². The van der Waals surface area contributed by atoms with Crippen LogP contribution in [0.3, 0.4) is 0 Å². The van der Waals surface area contributed by atoms with Gasteiger partial charge in [-0.2, -0.15) is 5.26 Å². The SMILES string of the molecule is COc1csc(C(=O)NCC(C)(C)C#N)c1. The molecular formula is C11H14N2O2S. The van der Waals surface area contributed by atoms with Gasteiger partial charge in [-0.15, -0.1) is 11.3 Å². The largest absolute Gasteiger partial charge is 0.496 e. The summed E-state index contributed by atoms with van der Waals surface area (Å²) < 4.78 is 4.99. The second-order valence-corrected chi connectivity index (χ2v) is 4.94. The predicted molar refractivity (Wildman–Crippen MR) is 62.6 cm³/mol. The summed E-state index contributed by atoms with van der Waals surface area (Å²) in [6, 6.07) is 3.81. The van der Waals surface area contributed by atoms with Crippen molar-refractivity contribution in [2.75, 3.05) is 13.7 Å². The summed E-state index contributed by atoms with van der Waals surface area (Å²) in [5.41, 5.74) is -0.545. The first-order chi connectivity index (χ1) is 7.48. The fourth-order valence-corrected chi connectivity index (χ4v) is 1.74. The molecular weight excluding hydrogens is 224 g/mol. The molecule has 0 saturated carbocycles. The number of nitrogens with one attached hydrogen (secondary N) is 1. The molecule has 1 aromatic rings. The van der Waals surface area contributed by atoms with E-state index in [0.29, 0.717) is 17.2 Å². The fraction of sp³-hybridized carbons (Fsp3) is 0.455. The molecule has 1 amide bonds. The lowest BCUT2D eigenvalue weighted by Crippen LogP contribution is -2.32. The van der Waals surface area contributed by atoms with Crippen LogP contribution in [0.5, 0.6) is 5.75 Å². The first-order valence-electron chi connectivity index (χ1n) is 4.80. The Morgan fingerprint density at radius 2 is 2.38 bits per heavy atom. The second kappa shape index (κ2) is 4.99. The Hall–Kier alpha value is -1.54. The fourth-order valence-electron chi connectivity index (χ4n) is 0.973. The smallest absolute Gasteiger partial charge is 0.261 e. The number of ether oxygens (including phenoxy) is 1. The van der Waals surface area contributed by atoms with Gasteiger partial charge in [0.1, 0.15) is 5.75 Å². The molecule has 0 radical (unpaired) electrons. The van der Waals surface area contributed by atoms with Crippen molar-refractivity contribution in [1.82, 2.24) is 5.32 Å². The van der Waals surface area contributed by atoms with E-state index in [0.717, 1.165) is 0 Å². The van der Waals surface area contributed by atoms with Crippen LogP contribution >= 0.6 is 11.3 Å². The van der Waals surface area contributed by atoms with E-state index in [4.69, 9.17) is 10.00 Å². The Morgan fingerprint density at radius 1 is 1.69 bits per heavy atom. The molecule has 1 heterocycles. The van der Waals surface area contributed by atoms with Crippen molar-refractivity contribution < 1.29 is 9.53 Å². The summed E-state index contributed by atoms with van der Waals surface area (Å²) in [6.45, 7) is 3.90. The highest BCUT2D eigenvalue weighted by Gasteiger charge is 2.18. The van der Waals surface area contributed by atoms with Crippen LogP contribution in [0.2, 0.25) is 0 Å². The van der Waals surface area contributed by atoms with Crippen LogP contribution in [0.25, 0.3) is 0 Å². The Morgan fingerprint density at radius 3 is 2.88 bits per heavy atom. The number of hydrogen-bond acceptors (Lipinski definition) is 4. The third-order valence-corrected chi connectivity index (χ3v) is 2.94. The van der Waals surface area contributed by atoms with Gasteiger partial charge in [0, 0.05) is 18.0 Å². The van der Waals surface area contributed by atoms with E-state index >= 15 is 0 Å². The minimum absolute atomic E-state index is 0.170.